The predicted molar refractivity (Wildman–Crippen MR) is 84.4 cm³/mol. The van der Waals surface area contributed by atoms with Gasteiger partial charge in [0.25, 0.3) is 0 Å². The average molecular weight is 287 g/mol. The zero-order valence-electron chi connectivity index (χ0n) is 12.8. The number of ether oxygens (including phenoxy) is 1. The fourth-order valence-electron chi connectivity index (χ4n) is 2.63. The molecular weight excluding hydrogens is 265 g/mol. The number of nitrogens with two attached hydrogens (primary N) is 1. The van der Waals surface area contributed by atoms with Crippen LogP contribution in [0.5, 0.6) is 5.75 Å². The molecule has 0 spiro atoms. The van der Waals surface area contributed by atoms with Crippen LogP contribution in [0.1, 0.15) is 28.2 Å². The Bertz CT molecular complexity index is 625. The molecule has 2 aromatic carbocycles. The number of hydrogen-bond acceptors (Lipinski definition) is 2. The summed E-state index contributed by atoms with van der Waals surface area (Å²) >= 11 is 0. The summed E-state index contributed by atoms with van der Waals surface area (Å²) < 4.78 is 18.9. The highest BCUT2D eigenvalue weighted by Crippen LogP contribution is 2.30. The van der Waals surface area contributed by atoms with Crippen molar-refractivity contribution in [2.24, 2.45) is 5.73 Å². The van der Waals surface area contributed by atoms with Gasteiger partial charge in [0.1, 0.15) is 11.6 Å². The first-order valence-electron chi connectivity index (χ1n) is 7.14. The average Bonchev–Trinajstić information content (AvgIpc) is 2.48. The predicted octanol–water partition coefficient (Wildman–Crippen LogP) is 3.74. The van der Waals surface area contributed by atoms with Crippen LogP contribution in [0.15, 0.2) is 36.4 Å². The summed E-state index contributed by atoms with van der Waals surface area (Å²) in [6.45, 7) is 4.61. The van der Waals surface area contributed by atoms with E-state index in [9.17, 15) is 4.39 Å². The van der Waals surface area contributed by atoms with E-state index < -0.39 is 0 Å². The summed E-state index contributed by atoms with van der Waals surface area (Å²) in [7, 11) is 1.60. The number of hydrogen-bond donors (Lipinski definition) is 1. The molecule has 3 heteroatoms. The van der Waals surface area contributed by atoms with Crippen LogP contribution in [0.25, 0.3) is 0 Å². The minimum absolute atomic E-state index is 0.0381. The second-order valence-electron chi connectivity index (χ2n) is 5.45. The standard InChI is InChI=1S/C18H22FNO/c1-12-4-5-13(2)14(8-12)9-15(11-20)17-10-16(19)6-7-18(17)21-3/h4-8,10,15H,9,11,20H2,1-3H3. The Morgan fingerprint density at radius 2 is 1.90 bits per heavy atom. The first-order valence-corrected chi connectivity index (χ1v) is 7.14. The zero-order chi connectivity index (χ0) is 15.4. The van der Waals surface area contributed by atoms with Gasteiger partial charge in [-0.1, -0.05) is 23.8 Å². The Labute approximate surface area is 125 Å². The summed E-state index contributed by atoms with van der Waals surface area (Å²) in [4.78, 5) is 0. The first kappa shape index (κ1) is 15.5. The van der Waals surface area contributed by atoms with Gasteiger partial charge in [0.15, 0.2) is 0 Å². The minimum atomic E-state index is -0.259. The Morgan fingerprint density at radius 3 is 2.57 bits per heavy atom. The highest BCUT2D eigenvalue weighted by atomic mass is 19.1. The van der Waals surface area contributed by atoms with Crippen molar-refractivity contribution in [3.8, 4) is 5.75 Å². The number of methoxy groups -OCH3 is 1. The maximum atomic E-state index is 13.6. The van der Waals surface area contributed by atoms with Crippen LogP contribution in [0.2, 0.25) is 0 Å². The third-order valence-corrected chi connectivity index (χ3v) is 3.89. The van der Waals surface area contributed by atoms with Gasteiger partial charge >= 0.3 is 0 Å². The normalized spacial score (nSPS) is 12.2. The molecule has 21 heavy (non-hydrogen) atoms. The lowest BCUT2D eigenvalue weighted by molar-refractivity contribution is 0.403. The lowest BCUT2D eigenvalue weighted by Crippen LogP contribution is -2.16. The fourth-order valence-corrected chi connectivity index (χ4v) is 2.63. The molecule has 1 atom stereocenters. The van der Waals surface area contributed by atoms with Gasteiger partial charge in [0, 0.05) is 11.5 Å². The van der Waals surface area contributed by atoms with Crippen LogP contribution in [0.3, 0.4) is 0 Å². The molecule has 0 heterocycles. The lowest BCUT2D eigenvalue weighted by Gasteiger charge is -2.20. The molecule has 0 amide bonds. The lowest BCUT2D eigenvalue weighted by atomic mass is 9.89. The number of halogens is 1. The molecule has 0 radical (unpaired) electrons. The first-order chi connectivity index (χ1) is 10.0. The van der Waals surface area contributed by atoms with Crippen molar-refractivity contribution in [2.45, 2.75) is 26.2 Å². The van der Waals surface area contributed by atoms with Crippen molar-refractivity contribution in [2.75, 3.05) is 13.7 Å². The van der Waals surface area contributed by atoms with Gasteiger partial charge in [0.2, 0.25) is 0 Å². The van der Waals surface area contributed by atoms with Gasteiger partial charge in [-0.3, -0.25) is 0 Å². The third kappa shape index (κ3) is 3.61. The van der Waals surface area contributed by atoms with Crippen molar-refractivity contribution >= 4 is 0 Å². The maximum absolute atomic E-state index is 13.6. The summed E-state index contributed by atoms with van der Waals surface area (Å²) in [5.41, 5.74) is 10.5. The number of benzene rings is 2. The smallest absolute Gasteiger partial charge is 0.123 e. The van der Waals surface area contributed by atoms with Crippen LogP contribution in [-0.4, -0.2) is 13.7 Å². The minimum Gasteiger partial charge on any atom is -0.496 e. The Kier molecular flexibility index (Phi) is 4.97. The third-order valence-electron chi connectivity index (χ3n) is 3.89. The number of aryl methyl sites for hydroxylation is 2. The molecule has 2 nitrogen and oxygen atoms in total. The maximum Gasteiger partial charge on any atom is 0.123 e. The monoisotopic (exact) mass is 287 g/mol. The van der Waals surface area contributed by atoms with Gasteiger partial charge in [-0.2, -0.15) is 0 Å². The second kappa shape index (κ2) is 6.72. The van der Waals surface area contributed by atoms with E-state index in [0.717, 1.165) is 12.0 Å². The summed E-state index contributed by atoms with van der Waals surface area (Å²) in [5.74, 6) is 0.471. The molecule has 0 aliphatic rings. The largest absolute Gasteiger partial charge is 0.496 e. The molecule has 112 valence electrons. The van der Waals surface area contributed by atoms with E-state index in [1.54, 1.807) is 13.2 Å². The van der Waals surface area contributed by atoms with Crippen molar-refractivity contribution in [1.29, 1.82) is 0 Å². The van der Waals surface area contributed by atoms with Crippen molar-refractivity contribution in [3.63, 3.8) is 0 Å². The van der Waals surface area contributed by atoms with E-state index in [0.29, 0.717) is 12.3 Å². The molecule has 0 aliphatic heterocycles. The summed E-state index contributed by atoms with van der Waals surface area (Å²) in [6, 6.07) is 11.0. The van der Waals surface area contributed by atoms with Gasteiger partial charge in [-0.05, 0) is 56.1 Å². The van der Waals surface area contributed by atoms with Gasteiger partial charge < -0.3 is 10.5 Å². The number of rotatable bonds is 5. The van der Waals surface area contributed by atoms with E-state index in [4.69, 9.17) is 10.5 Å². The highest BCUT2D eigenvalue weighted by Gasteiger charge is 2.17. The van der Waals surface area contributed by atoms with Gasteiger partial charge in [0.05, 0.1) is 7.11 Å². The molecule has 0 bridgehead atoms. The van der Waals surface area contributed by atoms with Crippen molar-refractivity contribution in [3.05, 3.63) is 64.5 Å². The molecule has 0 saturated heterocycles. The molecule has 2 N–H and O–H groups in total. The Hall–Kier alpha value is -1.87. The van der Waals surface area contributed by atoms with Crippen molar-refractivity contribution in [1.82, 2.24) is 0 Å². The quantitative estimate of drug-likeness (QED) is 0.909. The molecule has 0 saturated carbocycles. The SMILES string of the molecule is COc1ccc(F)cc1C(CN)Cc1cc(C)ccc1C. The van der Waals surface area contributed by atoms with Crippen LogP contribution >= 0.6 is 0 Å². The second-order valence-corrected chi connectivity index (χ2v) is 5.45. The molecular formula is C18H22FNO. The molecule has 0 fully saturated rings. The van der Waals surface area contributed by atoms with Crippen LogP contribution in [0, 0.1) is 19.7 Å². The van der Waals surface area contributed by atoms with E-state index in [2.05, 4.69) is 32.0 Å². The summed E-state index contributed by atoms with van der Waals surface area (Å²) in [5, 5.41) is 0. The fraction of sp³-hybridized carbons (Fsp3) is 0.333. The van der Waals surface area contributed by atoms with Crippen LogP contribution < -0.4 is 10.5 Å². The molecule has 2 rings (SSSR count). The topological polar surface area (TPSA) is 35.2 Å². The summed E-state index contributed by atoms with van der Waals surface area (Å²) in [6.07, 6.45) is 0.782. The Balaban J connectivity index is 2.36. The van der Waals surface area contributed by atoms with E-state index in [-0.39, 0.29) is 11.7 Å². The zero-order valence-corrected chi connectivity index (χ0v) is 12.8. The van der Waals surface area contributed by atoms with Crippen LogP contribution in [0.4, 0.5) is 4.39 Å². The molecule has 0 aliphatic carbocycles. The van der Waals surface area contributed by atoms with E-state index >= 15 is 0 Å². The highest BCUT2D eigenvalue weighted by molar-refractivity contribution is 5.39. The molecule has 2 aromatic rings. The van der Waals surface area contributed by atoms with Crippen LogP contribution in [-0.2, 0) is 6.42 Å². The molecule has 1 unspecified atom stereocenters. The van der Waals surface area contributed by atoms with Crippen molar-refractivity contribution < 1.29 is 9.13 Å². The molecule has 0 aromatic heterocycles. The van der Waals surface area contributed by atoms with E-state index in [1.165, 1.54) is 28.8 Å². The van der Waals surface area contributed by atoms with Gasteiger partial charge in [-0.25, -0.2) is 4.39 Å². The Morgan fingerprint density at radius 1 is 1.14 bits per heavy atom. The van der Waals surface area contributed by atoms with Gasteiger partial charge in [-0.15, -0.1) is 0 Å². The van der Waals surface area contributed by atoms with E-state index in [1.807, 2.05) is 0 Å².